The summed E-state index contributed by atoms with van der Waals surface area (Å²) in [6.45, 7) is 2.27. The van der Waals surface area contributed by atoms with E-state index in [1.165, 1.54) is 89.9 Å². The van der Waals surface area contributed by atoms with Gasteiger partial charge in [-0.05, 0) is 38.5 Å². The molecule has 0 aromatic heterocycles. The minimum absolute atomic E-state index is 0.0788. The third kappa shape index (κ3) is 23.1. The molecule has 3 heteroatoms. The largest absolute Gasteiger partial charge is 0.481 e. The maximum absolute atomic E-state index is 10.4. The molecule has 160 valence electrons. The number of carboxylic acids is 1. The lowest BCUT2D eigenvalue weighted by Crippen LogP contribution is -2.09. The Balaban J connectivity index is 3.16. The van der Waals surface area contributed by atoms with Crippen LogP contribution >= 0.6 is 0 Å². The number of carboxylic acid groups (broad SMARTS) is 1. The highest BCUT2D eigenvalue weighted by Gasteiger charge is 2.06. The van der Waals surface area contributed by atoms with Gasteiger partial charge in [0.05, 0.1) is 6.10 Å². The average molecular weight is 383 g/mol. The van der Waals surface area contributed by atoms with E-state index in [1.54, 1.807) is 0 Å². The number of hydrogen-bond donors (Lipinski definition) is 2. The SMILES string of the molecule is CCCCCCCC/C=C/CCCCCCCCCCC(O)CCC(=O)O. The van der Waals surface area contributed by atoms with Gasteiger partial charge in [0, 0.05) is 6.42 Å². The lowest BCUT2D eigenvalue weighted by molar-refractivity contribution is -0.137. The molecule has 0 heterocycles. The van der Waals surface area contributed by atoms with Crippen LogP contribution in [0.2, 0.25) is 0 Å². The fourth-order valence-electron chi connectivity index (χ4n) is 3.42. The van der Waals surface area contributed by atoms with E-state index in [0.29, 0.717) is 6.42 Å². The minimum Gasteiger partial charge on any atom is -0.481 e. The van der Waals surface area contributed by atoms with Crippen molar-refractivity contribution in [1.82, 2.24) is 0 Å². The summed E-state index contributed by atoms with van der Waals surface area (Å²) in [4.78, 5) is 10.4. The number of rotatable bonds is 21. The summed E-state index contributed by atoms with van der Waals surface area (Å²) >= 11 is 0. The average Bonchev–Trinajstić information content (AvgIpc) is 2.65. The van der Waals surface area contributed by atoms with Crippen molar-refractivity contribution in [3.05, 3.63) is 12.2 Å². The molecule has 0 bridgehead atoms. The maximum Gasteiger partial charge on any atom is 0.303 e. The number of aliphatic carboxylic acids is 1. The molecule has 0 amide bonds. The first-order valence-corrected chi connectivity index (χ1v) is 11.7. The summed E-state index contributed by atoms with van der Waals surface area (Å²) in [7, 11) is 0. The Morgan fingerprint density at radius 1 is 0.704 bits per heavy atom. The highest BCUT2D eigenvalue weighted by Crippen LogP contribution is 2.13. The summed E-state index contributed by atoms with van der Waals surface area (Å²) in [5.74, 6) is -0.817. The van der Waals surface area contributed by atoms with Gasteiger partial charge in [0.15, 0.2) is 0 Å². The fourth-order valence-corrected chi connectivity index (χ4v) is 3.42. The lowest BCUT2D eigenvalue weighted by Gasteiger charge is -2.08. The number of aliphatic hydroxyl groups is 1. The second kappa shape index (κ2) is 21.5. The van der Waals surface area contributed by atoms with Gasteiger partial charge in [-0.1, -0.05) is 96.1 Å². The molecule has 27 heavy (non-hydrogen) atoms. The molecule has 0 fully saturated rings. The molecule has 0 radical (unpaired) electrons. The number of unbranched alkanes of at least 4 members (excludes halogenated alkanes) is 14. The molecule has 0 saturated carbocycles. The Morgan fingerprint density at radius 3 is 1.63 bits per heavy atom. The second-order valence-electron chi connectivity index (χ2n) is 8.02. The third-order valence-corrected chi connectivity index (χ3v) is 5.24. The standard InChI is InChI=1S/C24H46O3/c1-2-3-4-5-6-7-8-9-10-11-12-13-14-15-16-17-18-19-20-23(25)21-22-24(26)27/h9-10,23,25H,2-8,11-22H2,1H3,(H,26,27)/b10-9+. The monoisotopic (exact) mass is 382 g/mol. The fraction of sp³-hybridized carbons (Fsp3) is 0.875. The zero-order valence-electron chi connectivity index (χ0n) is 18.0. The molecular weight excluding hydrogens is 336 g/mol. The van der Waals surface area contributed by atoms with Gasteiger partial charge in [-0.2, -0.15) is 0 Å². The molecule has 0 aliphatic carbocycles. The van der Waals surface area contributed by atoms with Gasteiger partial charge in [-0.15, -0.1) is 0 Å². The maximum atomic E-state index is 10.4. The quantitative estimate of drug-likeness (QED) is 0.160. The first-order chi connectivity index (χ1) is 13.2. The number of carbonyl (C=O) groups is 1. The third-order valence-electron chi connectivity index (χ3n) is 5.24. The Bertz CT molecular complexity index is 339. The van der Waals surface area contributed by atoms with E-state index in [9.17, 15) is 9.90 Å². The lowest BCUT2D eigenvalue weighted by atomic mass is 10.0. The predicted molar refractivity (Wildman–Crippen MR) is 116 cm³/mol. The number of aliphatic hydroxyl groups excluding tert-OH is 1. The van der Waals surface area contributed by atoms with E-state index in [4.69, 9.17) is 5.11 Å². The van der Waals surface area contributed by atoms with Crippen molar-refractivity contribution in [2.24, 2.45) is 0 Å². The van der Waals surface area contributed by atoms with Gasteiger partial charge in [-0.25, -0.2) is 0 Å². The molecule has 0 spiro atoms. The van der Waals surface area contributed by atoms with Crippen LogP contribution in [0.5, 0.6) is 0 Å². The molecule has 0 aromatic carbocycles. The summed E-state index contributed by atoms with van der Waals surface area (Å²) in [6.07, 6.45) is 26.4. The minimum atomic E-state index is -0.817. The van der Waals surface area contributed by atoms with E-state index >= 15 is 0 Å². The predicted octanol–water partition coefficient (Wildman–Crippen LogP) is 7.42. The molecular formula is C24H46O3. The molecule has 0 aromatic rings. The van der Waals surface area contributed by atoms with Gasteiger partial charge in [0.25, 0.3) is 0 Å². The first-order valence-electron chi connectivity index (χ1n) is 11.7. The molecule has 0 saturated heterocycles. The molecule has 2 N–H and O–H groups in total. The van der Waals surface area contributed by atoms with Crippen molar-refractivity contribution in [2.75, 3.05) is 0 Å². The van der Waals surface area contributed by atoms with Crippen molar-refractivity contribution in [2.45, 2.75) is 135 Å². The zero-order valence-corrected chi connectivity index (χ0v) is 18.0. The van der Waals surface area contributed by atoms with Crippen molar-refractivity contribution < 1.29 is 15.0 Å². The van der Waals surface area contributed by atoms with E-state index < -0.39 is 12.1 Å². The summed E-state index contributed by atoms with van der Waals surface area (Å²) < 4.78 is 0. The molecule has 0 aliphatic rings. The van der Waals surface area contributed by atoms with Crippen LogP contribution in [0.4, 0.5) is 0 Å². The van der Waals surface area contributed by atoms with Crippen LogP contribution in [0.25, 0.3) is 0 Å². The van der Waals surface area contributed by atoms with Gasteiger partial charge >= 0.3 is 5.97 Å². The summed E-state index contributed by atoms with van der Waals surface area (Å²) in [6, 6.07) is 0. The smallest absolute Gasteiger partial charge is 0.303 e. The van der Waals surface area contributed by atoms with E-state index in [0.717, 1.165) is 19.3 Å². The second-order valence-corrected chi connectivity index (χ2v) is 8.02. The van der Waals surface area contributed by atoms with Crippen LogP contribution in [0.15, 0.2) is 12.2 Å². The van der Waals surface area contributed by atoms with Crippen molar-refractivity contribution in [1.29, 1.82) is 0 Å². The molecule has 1 unspecified atom stereocenters. The molecule has 3 nitrogen and oxygen atoms in total. The summed E-state index contributed by atoms with van der Waals surface area (Å²) in [5, 5.41) is 18.2. The van der Waals surface area contributed by atoms with Gasteiger partial charge < -0.3 is 10.2 Å². The topological polar surface area (TPSA) is 57.5 Å². The van der Waals surface area contributed by atoms with Crippen LogP contribution in [0.1, 0.15) is 129 Å². The highest BCUT2D eigenvalue weighted by molar-refractivity contribution is 5.66. The number of allylic oxidation sites excluding steroid dienone is 2. The molecule has 1 atom stereocenters. The number of hydrogen-bond acceptors (Lipinski definition) is 2. The summed E-state index contributed by atoms with van der Waals surface area (Å²) in [5.41, 5.74) is 0. The Kier molecular flexibility index (Phi) is 20.8. The van der Waals surface area contributed by atoms with Crippen molar-refractivity contribution in [3.63, 3.8) is 0 Å². The van der Waals surface area contributed by atoms with Crippen LogP contribution in [0.3, 0.4) is 0 Å². The van der Waals surface area contributed by atoms with Crippen LogP contribution in [0, 0.1) is 0 Å². The normalized spacial score (nSPS) is 12.7. The Morgan fingerprint density at radius 2 is 1.15 bits per heavy atom. The first kappa shape index (κ1) is 26.2. The van der Waals surface area contributed by atoms with E-state index in [-0.39, 0.29) is 6.42 Å². The van der Waals surface area contributed by atoms with Crippen LogP contribution in [-0.4, -0.2) is 22.3 Å². The van der Waals surface area contributed by atoms with Gasteiger partial charge in [0.2, 0.25) is 0 Å². The van der Waals surface area contributed by atoms with Gasteiger partial charge in [-0.3, -0.25) is 4.79 Å². The molecule has 0 rings (SSSR count). The van der Waals surface area contributed by atoms with E-state index in [2.05, 4.69) is 19.1 Å². The van der Waals surface area contributed by atoms with Crippen LogP contribution in [-0.2, 0) is 4.79 Å². The Hall–Kier alpha value is -0.830. The van der Waals surface area contributed by atoms with Crippen molar-refractivity contribution in [3.8, 4) is 0 Å². The van der Waals surface area contributed by atoms with E-state index in [1.807, 2.05) is 0 Å². The zero-order chi connectivity index (χ0) is 20.0. The van der Waals surface area contributed by atoms with Crippen LogP contribution < -0.4 is 0 Å². The van der Waals surface area contributed by atoms with Gasteiger partial charge in [0.1, 0.15) is 0 Å². The Labute approximate surface area is 168 Å². The highest BCUT2D eigenvalue weighted by atomic mass is 16.4. The van der Waals surface area contributed by atoms with Crippen molar-refractivity contribution >= 4 is 5.97 Å². The molecule has 0 aliphatic heterocycles.